The van der Waals surface area contributed by atoms with Crippen LogP contribution in [0.3, 0.4) is 0 Å². The highest BCUT2D eigenvalue weighted by Gasteiger charge is 2.20. The van der Waals surface area contributed by atoms with Crippen LogP contribution >= 0.6 is 0 Å². The molecular weight excluding hydrogens is 244 g/mol. The molecule has 0 saturated carbocycles. The number of ketones is 1. The molecule has 0 N–H and O–H groups in total. The van der Waals surface area contributed by atoms with Crippen LogP contribution < -0.4 is 0 Å². The molecule has 2 rings (SSSR count). The van der Waals surface area contributed by atoms with E-state index in [0.29, 0.717) is 0 Å². The van der Waals surface area contributed by atoms with Gasteiger partial charge in [0.05, 0.1) is 12.2 Å². The Morgan fingerprint density at radius 2 is 1.89 bits per heavy atom. The Kier molecular flexibility index (Phi) is 3.97. The summed E-state index contributed by atoms with van der Waals surface area (Å²) in [6.07, 6.45) is 2.97. The molecule has 0 aromatic carbocycles. The fraction of sp³-hybridized carbons (Fsp3) is 0.143. The van der Waals surface area contributed by atoms with Crippen LogP contribution in [-0.2, 0) is 4.74 Å². The van der Waals surface area contributed by atoms with Crippen molar-refractivity contribution in [2.24, 2.45) is 0 Å². The molecule has 2 aromatic heterocycles. The van der Waals surface area contributed by atoms with Gasteiger partial charge in [-0.25, -0.2) is 9.78 Å². The summed E-state index contributed by atoms with van der Waals surface area (Å²) in [6, 6.07) is 8.15. The van der Waals surface area contributed by atoms with Gasteiger partial charge in [-0.2, -0.15) is 0 Å². The van der Waals surface area contributed by atoms with Gasteiger partial charge in [-0.1, -0.05) is 6.07 Å². The SMILES string of the molecule is CCOC(=O)c1ncccc1C(=O)c1ccccn1. The summed E-state index contributed by atoms with van der Waals surface area (Å²) in [5.74, 6) is -0.959. The number of nitrogens with zero attached hydrogens (tertiary/aromatic N) is 2. The van der Waals surface area contributed by atoms with E-state index >= 15 is 0 Å². The van der Waals surface area contributed by atoms with Gasteiger partial charge < -0.3 is 4.74 Å². The molecule has 5 heteroatoms. The highest BCUT2D eigenvalue weighted by molar-refractivity contribution is 6.12. The predicted octanol–water partition coefficient (Wildman–Crippen LogP) is 1.88. The molecule has 0 spiro atoms. The molecule has 0 fully saturated rings. The van der Waals surface area contributed by atoms with E-state index in [0.717, 1.165) is 0 Å². The van der Waals surface area contributed by atoms with Gasteiger partial charge in [0.2, 0.25) is 5.78 Å². The average Bonchev–Trinajstić information content (AvgIpc) is 2.47. The lowest BCUT2D eigenvalue weighted by Crippen LogP contribution is -2.15. The number of carbonyl (C=O) groups is 2. The van der Waals surface area contributed by atoms with Crippen LogP contribution in [0.2, 0.25) is 0 Å². The van der Waals surface area contributed by atoms with E-state index in [1.165, 1.54) is 18.5 Å². The second-order valence-corrected chi connectivity index (χ2v) is 3.66. The quantitative estimate of drug-likeness (QED) is 0.617. The smallest absolute Gasteiger partial charge is 0.357 e. The zero-order chi connectivity index (χ0) is 13.7. The van der Waals surface area contributed by atoms with Crippen molar-refractivity contribution in [3.05, 3.63) is 59.7 Å². The van der Waals surface area contributed by atoms with Gasteiger partial charge in [0, 0.05) is 12.4 Å². The minimum atomic E-state index is -0.609. The number of aromatic nitrogens is 2. The van der Waals surface area contributed by atoms with Gasteiger partial charge in [0.15, 0.2) is 5.69 Å². The maximum absolute atomic E-state index is 12.3. The predicted molar refractivity (Wildman–Crippen MR) is 67.9 cm³/mol. The van der Waals surface area contributed by atoms with Crippen molar-refractivity contribution in [2.75, 3.05) is 6.61 Å². The molecule has 0 amide bonds. The molecule has 0 atom stereocenters. The third-order valence-corrected chi connectivity index (χ3v) is 2.42. The lowest BCUT2D eigenvalue weighted by Gasteiger charge is -2.06. The molecule has 0 radical (unpaired) electrons. The standard InChI is InChI=1S/C14H12N2O3/c1-2-19-14(18)12-10(6-5-9-16-12)13(17)11-7-3-4-8-15-11/h3-9H,2H2,1H3. The summed E-state index contributed by atoms with van der Waals surface area (Å²) in [5, 5.41) is 0. The highest BCUT2D eigenvalue weighted by Crippen LogP contribution is 2.12. The van der Waals surface area contributed by atoms with Gasteiger partial charge in [0.1, 0.15) is 5.69 Å². The van der Waals surface area contributed by atoms with Crippen LogP contribution in [0.1, 0.15) is 33.5 Å². The Hall–Kier alpha value is -2.56. The summed E-state index contributed by atoms with van der Waals surface area (Å²) in [6.45, 7) is 1.92. The van der Waals surface area contributed by atoms with E-state index in [1.807, 2.05) is 0 Å². The van der Waals surface area contributed by atoms with Crippen LogP contribution in [0.15, 0.2) is 42.7 Å². The highest BCUT2D eigenvalue weighted by atomic mass is 16.5. The Morgan fingerprint density at radius 1 is 1.11 bits per heavy atom. The maximum Gasteiger partial charge on any atom is 0.357 e. The van der Waals surface area contributed by atoms with Crippen molar-refractivity contribution in [3.8, 4) is 0 Å². The first-order chi connectivity index (χ1) is 9.24. The van der Waals surface area contributed by atoms with Crippen LogP contribution in [0.25, 0.3) is 0 Å². The molecule has 0 aliphatic rings. The van der Waals surface area contributed by atoms with Crippen molar-refractivity contribution in [1.82, 2.24) is 9.97 Å². The second-order valence-electron chi connectivity index (χ2n) is 3.66. The fourth-order valence-electron chi connectivity index (χ4n) is 1.59. The average molecular weight is 256 g/mol. The third kappa shape index (κ3) is 2.82. The molecule has 19 heavy (non-hydrogen) atoms. The molecular formula is C14H12N2O3. The summed E-state index contributed by atoms with van der Waals surface area (Å²) in [4.78, 5) is 31.9. The van der Waals surface area contributed by atoms with Crippen molar-refractivity contribution >= 4 is 11.8 Å². The molecule has 0 unspecified atom stereocenters. The van der Waals surface area contributed by atoms with Gasteiger partial charge in [0.25, 0.3) is 0 Å². The summed E-state index contributed by atoms with van der Waals surface area (Å²) in [5.41, 5.74) is 0.473. The van der Waals surface area contributed by atoms with E-state index < -0.39 is 5.97 Å². The van der Waals surface area contributed by atoms with Crippen LogP contribution in [0.4, 0.5) is 0 Å². The van der Waals surface area contributed by atoms with Crippen LogP contribution in [0.5, 0.6) is 0 Å². The lowest BCUT2D eigenvalue weighted by molar-refractivity contribution is 0.0516. The number of carbonyl (C=O) groups excluding carboxylic acids is 2. The van der Waals surface area contributed by atoms with Gasteiger partial charge >= 0.3 is 5.97 Å². The van der Waals surface area contributed by atoms with Crippen LogP contribution in [-0.4, -0.2) is 28.3 Å². The van der Waals surface area contributed by atoms with E-state index in [-0.39, 0.29) is 29.3 Å². The number of pyridine rings is 2. The molecule has 5 nitrogen and oxygen atoms in total. The lowest BCUT2D eigenvalue weighted by atomic mass is 10.1. The molecule has 0 aliphatic heterocycles. The van der Waals surface area contributed by atoms with E-state index in [9.17, 15) is 9.59 Å². The van der Waals surface area contributed by atoms with Gasteiger partial charge in [-0.05, 0) is 31.2 Å². The van der Waals surface area contributed by atoms with Crippen molar-refractivity contribution in [1.29, 1.82) is 0 Å². The number of hydrogen-bond acceptors (Lipinski definition) is 5. The first-order valence-electron chi connectivity index (χ1n) is 5.82. The van der Waals surface area contributed by atoms with Crippen molar-refractivity contribution in [3.63, 3.8) is 0 Å². The van der Waals surface area contributed by atoms with Gasteiger partial charge in [-0.15, -0.1) is 0 Å². The van der Waals surface area contributed by atoms with E-state index in [4.69, 9.17) is 4.74 Å². The molecule has 0 aliphatic carbocycles. The number of ether oxygens (including phenoxy) is 1. The number of hydrogen-bond donors (Lipinski definition) is 0. The zero-order valence-corrected chi connectivity index (χ0v) is 10.4. The Balaban J connectivity index is 2.40. The zero-order valence-electron chi connectivity index (χ0n) is 10.4. The summed E-state index contributed by atoms with van der Waals surface area (Å²) < 4.78 is 4.88. The Labute approximate surface area is 110 Å². The first kappa shape index (κ1) is 12.9. The Morgan fingerprint density at radius 3 is 2.58 bits per heavy atom. The first-order valence-corrected chi connectivity index (χ1v) is 5.82. The topological polar surface area (TPSA) is 69.2 Å². The largest absolute Gasteiger partial charge is 0.461 e. The molecule has 2 aromatic rings. The fourth-order valence-corrected chi connectivity index (χ4v) is 1.59. The van der Waals surface area contributed by atoms with Gasteiger partial charge in [-0.3, -0.25) is 9.78 Å². The van der Waals surface area contributed by atoms with Crippen molar-refractivity contribution < 1.29 is 14.3 Å². The molecule has 0 bridgehead atoms. The molecule has 96 valence electrons. The minimum absolute atomic E-state index is 0.0139. The minimum Gasteiger partial charge on any atom is -0.461 e. The Bertz CT molecular complexity index is 597. The number of rotatable bonds is 4. The second kappa shape index (κ2) is 5.86. The third-order valence-electron chi connectivity index (χ3n) is 2.42. The normalized spacial score (nSPS) is 9.95. The monoisotopic (exact) mass is 256 g/mol. The summed E-state index contributed by atoms with van der Waals surface area (Å²) >= 11 is 0. The maximum atomic E-state index is 12.3. The van der Waals surface area contributed by atoms with E-state index in [2.05, 4.69) is 9.97 Å². The van der Waals surface area contributed by atoms with Crippen molar-refractivity contribution in [2.45, 2.75) is 6.92 Å². The number of esters is 1. The summed E-state index contributed by atoms with van der Waals surface area (Å²) in [7, 11) is 0. The molecule has 0 saturated heterocycles. The van der Waals surface area contributed by atoms with E-state index in [1.54, 1.807) is 31.2 Å². The van der Waals surface area contributed by atoms with Crippen LogP contribution in [0, 0.1) is 0 Å². The molecule has 2 heterocycles.